The second-order valence-electron chi connectivity index (χ2n) is 32.3. The summed E-state index contributed by atoms with van der Waals surface area (Å²) in [6.07, 6.45) is 7.60. The molecule has 0 radical (unpaired) electrons. The number of hydrogen-bond donors (Lipinski definition) is 6. The van der Waals surface area contributed by atoms with Crippen molar-refractivity contribution < 1.29 is 117 Å². The summed E-state index contributed by atoms with van der Waals surface area (Å²) in [7, 11) is 5.96. The Kier molecular flexibility index (Phi) is 42.1. The lowest BCUT2D eigenvalue weighted by Crippen LogP contribution is -2.55. The lowest BCUT2D eigenvalue weighted by molar-refractivity contribution is -0.159. The van der Waals surface area contributed by atoms with Crippen molar-refractivity contribution in [3.63, 3.8) is 0 Å². The van der Waals surface area contributed by atoms with Gasteiger partial charge in [-0.3, -0.25) is 43.3 Å². The first-order valence-electron chi connectivity index (χ1n) is 41.5. The number of Topliss-reactive ketones (excluding diaryl/α,β-unsaturated/α-hetero) is 2. The van der Waals surface area contributed by atoms with E-state index in [2.05, 4.69) is 98.7 Å². The molecule has 0 aliphatic carbocycles. The standard InChI is InChI=1S/C22H27N3O3.C14H24N2O4.C14H15NO4.C13H10F5NO3.C13H22INO3.C11H18INO3/c1-24-10-12-25(13-11-24)15-19-8-9-20(22(27)28-19)23-21(26)18-7-6-16-4-2-3-5-17(16)14-18;1-4-5-10(17)8-13(18)15-12-7-6-11(9-16(2)3)20-14(12)19;16-11(8-10-4-2-1-3-5-10)9-13(17)15-12-6-7-19-14(12)18;14-8-5(9(15)11(17)12(18)10(8)16)1-2-7(20)19-6-3-4-22-13(6)21;1-5-12(3,4)10(16)15-13(6-2)7-9(8-14)18-11(13)17;1-3-4-5-9(14)13-11(2)6-8(7-12)16-10(11)15/h2-7,14,19-20H,8-13,15H2,1H3,(H,23,26);11-12H,4-9H2,1-3H3,(H,15,18);1-5,12H,6-9H2,(H,15,17);6H,1-4H2,(H,19,20);9H,5-8H2,1-4H3,(H,15,16);8H,3-7H2,1-2H3,(H,13,14)/t19-,20-;11-,12-;12-;6-;9-,13-;8-,11-/m000100/s1. The minimum atomic E-state index is -2.25. The van der Waals surface area contributed by atoms with E-state index in [1.54, 1.807) is 13.0 Å². The smallest absolute Gasteiger partial charge is 0.332 e. The molecule has 6 amide bonds. The zero-order valence-electron chi connectivity index (χ0n) is 71.4. The number of unbranched alkanes of at least 4 members (excludes halogenated alkanes) is 1. The molecule has 4 aromatic carbocycles. The largest absolute Gasteiger partial charge is 0.464 e. The minimum absolute atomic E-state index is 0.0598. The lowest BCUT2D eigenvalue weighted by Gasteiger charge is -2.36. The third-order valence-corrected chi connectivity index (χ3v) is 23.4. The first-order chi connectivity index (χ1) is 58.3. The number of halogens is 7. The summed E-state index contributed by atoms with van der Waals surface area (Å²) in [6, 6.07) is 20.1. The highest BCUT2D eigenvalue weighted by Crippen LogP contribution is 2.33. The molecule has 7 aliphatic rings. The predicted octanol–water partition coefficient (Wildman–Crippen LogP) is 9.00. The van der Waals surface area contributed by atoms with Crippen molar-refractivity contribution in [2.75, 3.05) is 82.5 Å². The first-order valence-corrected chi connectivity index (χ1v) is 44.6. The van der Waals surface area contributed by atoms with Crippen LogP contribution >= 0.6 is 45.2 Å². The number of benzene rings is 4. The maximum Gasteiger partial charge on any atom is 0.332 e. The van der Waals surface area contributed by atoms with Gasteiger partial charge in [-0.15, -0.1) is 0 Å². The van der Waals surface area contributed by atoms with Gasteiger partial charge in [-0.05, 0) is 114 Å². The van der Waals surface area contributed by atoms with Crippen molar-refractivity contribution in [3.8, 4) is 0 Å². The molecular formula is C87H116F5I2N9O20. The number of ether oxygens (including phenoxy) is 6. The van der Waals surface area contributed by atoms with Crippen LogP contribution in [0.2, 0.25) is 0 Å². The Hall–Kier alpha value is -8.89. The van der Waals surface area contributed by atoms with E-state index < -0.39 is 124 Å². The van der Waals surface area contributed by atoms with E-state index in [9.17, 15) is 89.1 Å². The van der Waals surface area contributed by atoms with Crippen LogP contribution in [-0.4, -0.2) is 240 Å². The fourth-order valence-electron chi connectivity index (χ4n) is 13.7. The second kappa shape index (κ2) is 50.3. The zero-order valence-corrected chi connectivity index (χ0v) is 75.7. The molecule has 0 unspecified atom stereocenters. The van der Waals surface area contributed by atoms with E-state index in [1.165, 1.54) is 0 Å². The summed E-state index contributed by atoms with van der Waals surface area (Å²) in [5, 5.41) is 18.0. The molecule has 4 aromatic rings. The minimum Gasteiger partial charge on any atom is -0.464 e. The number of nitrogens with zero attached hydrogens (tertiary/aromatic N) is 3. The van der Waals surface area contributed by atoms with Crippen LogP contribution in [0.25, 0.3) is 10.8 Å². The van der Waals surface area contributed by atoms with Gasteiger partial charge in [-0.25, -0.2) is 50.7 Å². The van der Waals surface area contributed by atoms with Crippen molar-refractivity contribution in [2.24, 2.45) is 5.41 Å². The Morgan fingerprint density at radius 2 is 1.06 bits per heavy atom. The lowest BCUT2D eigenvalue weighted by atomic mass is 9.85. The number of rotatable bonds is 30. The third kappa shape index (κ3) is 32.6. The summed E-state index contributed by atoms with van der Waals surface area (Å²) in [4.78, 5) is 171. The molecule has 7 aliphatic heterocycles. The number of amides is 6. The Labute approximate surface area is 741 Å². The van der Waals surface area contributed by atoms with Crippen molar-refractivity contribution in [1.29, 1.82) is 0 Å². The summed E-state index contributed by atoms with van der Waals surface area (Å²) in [5.74, 6) is -14.9. The second-order valence-corrected chi connectivity index (χ2v) is 34.0. The van der Waals surface area contributed by atoms with Crippen LogP contribution in [0, 0.1) is 34.5 Å². The third-order valence-electron chi connectivity index (χ3n) is 21.5. The number of hydrogen-bond acceptors (Lipinski definition) is 23. The summed E-state index contributed by atoms with van der Waals surface area (Å²) in [6.45, 7) is 19.4. The molecule has 7 saturated heterocycles. The van der Waals surface area contributed by atoms with Gasteiger partial charge in [0, 0.05) is 116 Å². The van der Waals surface area contributed by atoms with Crippen LogP contribution < -0.4 is 31.9 Å². The number of ketones is 2. The Morgan fingerprint density at radius 1 is 0.537 bits per heavy atom. The van der Waals surface area contributed by atoms with Crippen LogP contribution in [0.3, 0.4) is 0 Å². The summed E-state index contributed by atoms with van der Waals surface area (Å²) in [5.41, 5.74) is -1.72. The number of carbonyl (C=O) groups excluding carboxylic acids is 14. The maximum absolute atomic E-state index is 13.4. The number of nitrogens with one attached hydrogen (secondary N) is 6. The fraction of sp³-hybridized carbons (Fsp3) is 0.586. The first kappa shape index (κ1) is 103. The van der Waals surface area contributed by atoms with Gasteiger partial charge in [-0.1, -0.05) is 154 Å². The number of piperazine rings is 1. The highest BCUT2D eigenvalue weighted by atomic mass is 127. The normalized spacial score (nSPS) is 22.9. The van der Waals surface area contributed by atoms with Gasteiger partial charge >= 0.3 is 35.8 Å². The molecule has 0 spiro atoms. The van der Waals surface area contributed by atoms with Crippen LogP contribution in [-0.2, 0) is 104 Å². The van der Waals surface area contributed by atoms with Crippen LogP contribution in [0.15, 0.2) is 72.8 Å². The number of fused-ring (bicyclic) bond motifs is 1. The number of alkyl halides is 2. The molecule has 0 bridgehead atoms. The molecule has 0 saturated carbocycles. The van der Waals surface area contributed by atoms with Crippen LogP contribution in [0.5, 0.6) is 0 Å². The van der Waals surface area contributed by atoms with Gasteiger partial charge in [0.25, 0.3) is 5.91 Å². The van der Waals surface area contributed by atoms with E-state index in [0.29, 0.717) is 70.1 Å². The average Bonchev–Trinajstić information content (AvgIpc) is 1.64. The molecular weight excluding hydrogens is 1840 g/mol. The van der Waals surface area contributed by atoms with Gasteiger partial charge in [0.2, 0.25) is 35.4 Å². The number of esters is 6. The zero-order chi connectivity index (χ0) is 90.9. The van der Waals surface area contributed by atoms with Crippen molar-refractivity contribution in [1.82, 2.24) is 46.6 Å². The SMILES string of the molecule is CCC(C)(C)C(=O)N[C@@]1(CC)C[C@@H](CI)OC1=O.CCCC(=O)CC(=O)N[C@H]1CC[C@@H](CN(C)C)OC1=O.CCCCC(=O)N[C@@]1(C)C[C@@H](CI)OC1=O.CN1CCN(C[C@@H]2CC[C@H](NC(=O)c3ccc4ccccc4c3)C(=O)O2)CC1.O=C(CC(=O)N[C@H]1CCOC1=O)Cc1ccccc1.O=C(CCc1c(F)c(F)c(F)c(F)c1F)N[C@@H]1CCOC1=O. The molecule has 36 heteroatoms. The van der Waals surface area contributed by atoms with E-state index in [1.807, 2.05) is 127 Å². The molecule has 0 aromatic heterocycles. The monoisotopic (exact) mass is 1960 g/mol. The molecule has 10 atom stereocenters. The Balaban J connectivity index is 0.000000231. The van der Waals surface area contributed by atoms with E-state index in [0.717, 1.165) is 96.4 Å². The van der Waals surface area contributed by atoms with Crippen LogP contribution in [0.1, 0.15) is 186 Å². The molecule has 6 N–H and O–H groups in total. The maximum atomic E-state index is 13.4. The van der Waals surface area contributed by atoms with Crippen molar-refractivity contribution >= 4 is 139 Å². The molecule has 7 fully saturated rings. The van der Waals surface area contributed by atoms with E-state index >= 15 is 0 Å². The highest BCUT2D eigenvalue weighted by Gasteiger charge is 2.50. The van der Waals surface area contributed by atoms with Crippen molar-refractivity contribution in [2.45, 2.75) is 237 Å². The highest BCUT2D eigenvalue weighted by molar-refractivity contribution is 14.1. The molecule has 678 valence electrons. The number of cyclic esters (lactones) is 6. The quantitative estimate of drug-likeness (QED) is 0.00414. The van der Waals surface area contributed by atoms with Gasteiger partial charge in [0.15, 0.2) is 23.3 Å². The Morgan fingerprint density at radius 3 is 1.58 bits per heavy atom. The average molecular weight is 1960 g/mol. The summed E-state index contributed by atoms with van der Waals surface area (Å²) < 4.78 is 97.8. The number of carbonyl (C=O) groups is 14. The molecule has 123 heavy (non-hydrogen) atoms. The topological polar surface area (TPSA) is 376 Å². The van der Waals surface area contributed by atoms with E-state index in [4.69, 9.17) is 23.7 Å². The molecule has 11 rings (SSSR count). The molecule has 29 nitrogen and oxygen atoms in total. The molecule has 7 heterocycles. The van der Waals surface area contributed by atoms with E-state index in [-0.39, 0.29) is 104 Å². The van der Waals surface area contributed by atoms with Gasteiger partial charge in [0.1, 0.15) is 71.2 Å². The predicted molar refractivity (Wildman–Crippen MR) is 460 cm³/mol. The van der Waals surface area contributed by atoms with Gasteiger partial charge in [0.05, 0.1) is 26.1 Å². The van der Waals surface area contributed by atoms with Crippen molar-refractivity contribution in [3.05, 3.63) is 119 Å². The summed E-state index contributed by atoms with van der Waals surface area (Å²) >= 11 is 4.38. The fourth-order valence-corrected chi connectivity index (χ4v) is 14.7. The Bertz CT molecular complexity index is 4310. The number of likely N-dealkylation sites (N-methyl/N-ethyl adjacent to an activating group) is 2. The van der Waals surface area contributed by atoms with Gasteiger partial charge < -0.3 is 70.1 Å². The van der Waals surface area contributed by atoms with Crippen LogP contribution in [0.4, 0.5) is 22.0 Å². The van der Waals surface area contributed by atoms with Gasteiger partial charge in [-0.2, -0.15) is 0 Å².